The van der Waals surface area contributed by atoms with E-state index >= 15 is 0 Å². The molecule has 0 aliphatic carbocycles. The molecular formula is C15H28N4O. The molecule has 5 heteroatoms. The Kier molecular flexibility index (Phi) is 6.50. The lowest BCUT2D eigenvalue weighted by Gasteiger charge is -2.24. The molecule has 1 fully saturated rings. The van der Waals surface area contributed by atoms with Gasteiger partial charge in [-0.2, -0.15) is 5.10 Å². The summed E-state index contributed by atoms with van der Waals surface area (Å²) in [5, 5.41) is 7.99. The second kappa shape index (κ2) is 8.39. The summed E-state index contributed by atoms with van der Waals surface area (Å²) in [5.41, 5.74) is 1.30. The second-order valence-corrected chi connectivity index (χ2v) is 5.63. The van der Waals surface area contributed by atoms with E-state index in [0.29, 0.717) is 6.04 Å². The molecule has 0 spiro atoms. The molecule has 0 saturated carbocycles. The topological polar surface area (TPSA) is 42.3 Å². The molecule has 1 unspecified atom stereocenters. The van der Waals surface area contributed by atoms with Crippen LogP contribution in [0.4, 0.5) is 0 Å². The van der Waals surface area contributed by atoms with Crippen LogP contribution in [0.25, 0.3) is 0 Å². The highest BCUT2D eigenvalue weighted by Crippen LogP contribution is 2.10. The zero-order chi connectivity index (χ0) is 14.2. The average Bonchev–Trinajstić information content (AvgIpc) is 3.09. The normalized spacial score (nSPS) is 19.1. The van der Waals surface area contributed by atoms with Crippen LogP contribution in [0.1, 0.15) is 31.7 Å². The molecule has 20 heavy (non-hydrogen) atoms. The molecule has 1 aliphatic rings. The summed E-state index contributed by atoms with van der Waals surface area (Å²) in [4.78, 5) is 2.47. The summed E-state index contributed by atoms with van der Waals surface area (Å²) in [6.07, 6.45) is 7.89. The minimum Gasteiger partial charge on any atom is -0.383 e. The highest BCUT2D eigenvalue weighted by atomic mass is 16.5. The number of rotatable bonds is 9. The van der Waals surface area contributed by atoms with Crippen LogP contribution >= 0.6 is 0 Å². The predicted molar refractivity (Wildman–Crippen MR) is 80.7 cm³/mol. The van der Waals surface area contributed by atoms with Gasteiger partial charge >= 0.3 is 0 Å². The third-order valence-electron chi connectivity index (χ3n) is 3.80. The van der Waals surface area contributed by atoms with Gasteiger partial charge in [0, 0.05) is 51.1 Å². The van der Waals surface area contributed by atoms with Gasteiger partial charge in [-0.1, -0.05) is 6.92 Å². The standard InChI is InChI=1S/C15H28N4O/c1-3-7-19-12-14(10-17-19)11-18(8-9-20-2)13-15-5-4-6-16-15/h10,12,15-16H,3-9,11,13H2,1-2H3. The number of nitrogens with one attached hydrogen (secondary N) is 1. The maximum absolute atomic E-state index is 5.24. The molecule has 1 N–H and O–H groups in total. The Hall–Kier alpha value is -0.910. The van der Waals surface area contributed by atoms with E-state index in [1.54, 1.807) is 7.11 Å². The fourth-order valence-electron chi connectivity index (χ4n) is 2.78. The summed E-state index contributed by atoms with van der Waals surface area (Å²) in [5.74, 6) is 0. The van der Waals surface area contributed by atoms with Crippen LogP contribution in [-0.2, 0) is 17.8 Å². The van der Waals surface area contributed by atoms with Crippen molar-refractivity contribution in [3.8, 4) is 0 Å². The lowest BCUT2D eigenvalue weighted by Crippen LogP contribution is -2.38. The molecule has 1 aliphatic heterocycles. The lowest BCUT2D eigenvalue weighted by molar-refractivity contribution is 0.138. The van der Waals surface area contributed by atoms with Crippen LogP contribution in [0.5, 0.6) is 0 Å². The van der Waals surface area contributed by atoms with Crippen LogP contribution in [0.15, 0.2) is 12.4 Å². The van der Waals surface area contributed by atoms with Crippen molar-refractivity contribution in [1.82, 2.24) is 20.0 Å². The van der Waals surface area contributed by atoms with E-state index in [9.17, 15) is 0 Å². The molecule has 0 aromatic carbocycles. The smallest absolute Gasteiger partial charge is 0.0589 e. The third-order valence-corrected chi connectivity index (χ3v) is 3.80. The van der Waals surface area contributed by atoms with Crippen molar-refractivity contribution >= 4 is 0 Å². The Bertz CT molecular complexity index is 374. The molecule has 1 saturated heterocycles. The molecule has 0 amide bonds. The highest BCUT2D eigenvalue weighted by Gasteiger charge is 2.18. The molecule has 0 radical (unpaired) electrons. The lowest BCUT2D eigenvalue weighted by atomic mass is 10.2. The van der Waals surface area contributed by atoms with Gasteiger partial charge in [0.15, 0.2) is 0 Å². The van der Waals surface area contributed by atoms with Gasteiger partial charge in [-0.05, 0) is 25.8 Å². The number of aryl methyl sites for hydroxylation is 1. The van der Waals surface area contributed by atoms with Crippen LogP contribution in [0.2, 0.25) is 0 Å². The first kappa shape index (κ1) is 15.5. The van der Waals surface area contributed by atoms with Gasteiger partial charge in [-0.3, -0.25) is 9.58 Å². The molecule has 1 aromatic heterocycles. The summed E-state index contributed by atoms with van der Waals surface area (Å²) in [6.45, 7) is 8.18. The van der Waals surface area contributed by atoms with Crippen LogP contribution < -0.4 is 5.32 Å². The van der Waals surface area contributed by atoms with E-state index < -0.39 is 0 Å². The largest absolute Gasteiger partial charge is 0.383 e. The van der Waals surface area contributed by atoms with Crippen molar-refractivity contribution in [1.29, 1.82) is 0 Å². The third kappa shape index (κ3) is 4.89. The van der Waals surface area contributed by atoms with E-state index in [1.165, 1.54) is 18.4 Å². The van der Waals surface area contributed by atoms with Gasteiger partial charge in [0.25, 0.3) is 0 Å². The van der Waals surface area contributed by atoms with Crippen LogP contribution in [-0.4, -0.2) is 54.1 Å². The van der Waals surface area contributed by atoms with Crippen molar-refractivity contribution in [2.75, 3.05) is 33.4 Å². The molecule has 2 rings (SSSR count). The van der Waals surface area contributed by atoms with Gasteiger partial charge in [0.05, 0.1) is 12.8 Å². The predicted octanol–water partition coefficient (Wildman–Crippen LogP) is 1.49. The zero-order valence-corrected chi connectivity index (χ0v) is 12.8. The number of hydrogen-bond donors (Lipinski definition) is 1. The summed E-state index contributed by atoms with van der Waals surface area (Å²) >= 11 is 0. The van der Waals surface area contributed by atoms with Gasteiger partial charge in [0.2, 0.25) is 0 Å². The maximum atomic E-state index is 5.24. The molecular weight excluding hydrogens is 252 g/mol. The van der Waals surface area contributed by atoms with Crippen molar-refractivity contribution in [2.24, 2.45) is 0 Å². The molecule has 1 aromatic rings. The van der Waals surface area contributed by atoms with E-state index in [-0.39, 0.29) is 0 Å². The van der Waals surface area contributed by atoms with Crippen LogP contribution in [0, 0.1) is 0 Å². The van der Waals surface area contributed by atoms with Gasteiger partial charge in [-0.15, -0.1) is 0 Å². The van der Waals surface area contributed by atoms with Crippen molar-refractivity contribution < 1.29 is 4.74 Å². The number of nitrogens with zero attached hydrogens (tertiary/aromatic N) is 3. The molecule has 1 atom stereocenters. The minimum absolute atomic E-state index is 0.637. The fourth-order valence-corrected chi connectivity index (χ4v) is 2.78. The molecule has 114 valence electrons. The van der Waals surface area contributed by atoms with Gasteiger partial charge in [0.1, 0.15) is 0 Å². The summed E-state index contributed by atoms with van der Waals surface area (Å²) in [7, 11) is 1.77. The molecule has 5 nitrogen and oxygen atoms in total. The first-order valence-corrected chi connectivity index (χ1v) is 7.77. The number of aromatic nitrogens is 2. The summed E-state index contributed by atoms with van der Waals surface area (Å²) < 4.78 is 7.27. The van der Waals surface area contributed by atoms with E-state index in [0.717, 1.165) is 45.8 Å². The van der Waals surface area contributed by atoms with Crippen molar-refractivity contribution in [3.63, 3.8) is 0 Å². The van der Waals surface area contributed by atoms with Crippen molar-refractivity contribution in [3.05, 3.63) is 18.0 Å². The minimum atomic E-state index is 0.637. The quantitative estimate of drug-likeness (QED) is 0.744. The fraction of sp³-hybridized carbons (Fsp3) is 0.800. The van der Waals surface area contributed by atoms with Crippen molar-refractivity contribution in [2.45, 2.75) is 45.3 Å². The monoisotopic (exact) mass is 280 g/mol. The zero-order valence-electron chi connectivity index (χ0n) is 12.8. The first-order valence-electron chi connectivity index (χ1n) is 7.77. The average molecular weight is 280 g/mol. The Morgan fingerprint density at radius 1 is 1.55 bits per heavy atom. The Balaban J connectivity index is 1.87. The second-order valence-electron chi connectivity index (χ2n) is 5.63. The van der Waals surface area contributed by atoms with E-state index in [4.69, 9.17) is 4.74 Å². The number of hydrogen-bond acceptors (Lipinski definition) is 4. The maximum Gasteiger partial charge on any atom is 0.0589 e. The molecule has 0 bridgehead atoms. The van der Waals surface area contributed by atoms with Gasteiger partial charge in [-0.25, -0.2) is 0 Å². The van der Waals surface area contributed by atoms with Crippen LogP contribution in [0.3, 0.4) is 0 Å². The van der Waals surface area contributed by atoms with E-state index in [2.05, 4.69) is 28.4 Å². The number of ether oxygens (including phenoxy) is 1. The molecule has 2 heterocycles. The summed E-state index contributed by atoms with van der Waals surface area (Å²) in [6, 6.07) is 0.637. The Morgan fingerprint density at radius 2 is 2.45 bits per heavy atom. The first-order chi connectivity index (χ1) is 9.81. The van der Waals surface area contributed by atoms with Gasteiger partial charge < -0.3 is 10.1 Å². The number of methoxy groups -OCH3 is 1. The van der Waals surface area contributed by atoms with E-state index in [1.807, 2.05) is 10.9 Å². The SMILES string of the molecule is CCCn1cc(CN(CCOC)CC2CCCN2)cn1. The highest BCUT2D eigenvalue weighted by molar-refractivity contribution is 5.03. The Labute approximate surface area is 122 Å². The Morgan fingerprint density at radius 3 is 3.15 bits per heavy atom.